The van der Waals surface area contributed by atoms with Gasteiger partial charge in [-0.2, -0.15) is 0 Å². The van der Waals surface area contributed by atoms with E-state index in [9.17, 15) is 4.79 Å². The van der Waals surface area contributed by atoms with Crippen LogP contribution in [0.15, 0.2) is 54.6 Å². The lowest BCUT2D eigenvalue weighted by Gasteiger charge is -2.36. The Morgan fingerprint density at radius 2 is 1.83 bits per heavy atom. The number of hydrogen-bond donors (Lipinski definition) is 1. The molecule has 5 heteroatoms. The summed E-state index contributed by atoms with van der Waals surface area (Å²) in [5.74, 6) is 0. The molecule has 3 nitrogen and oxygen atoms in total. The third kappa shape index (κ3) is 3.56. The van der Waals surface area contributed by atoms with Crippen LogP contribution in [0.1, 0.15) is 45.3 Å². The summed E-state index contributed by atoms with van der Waals surface area (Å²) in [7, 11) is 0. The van der Waals surface area contributed by atoms with E-state index in [1.54, 1.807) is 16.5 Å². The van der Waals surface area contributed by atoms with Gasteiger partial charge in [0.05, 0.1) is 6.04 Å². The van der Waals surface area contributed by atoms with Crippen molar-refractivity contribution in [3.8, 4) is 0 Å². The maximum Gasteiger partial charge on any atom is 0.322 e. The molecule has 2 aliphatic rings. The molecule has 0 saturated heterocycles. The first-order chi connectivity index (χ1) is 14.2. The fourth-order valence-electron chi connectivity index (χ4n) is 4.60. The molecule has 1 N–H and O–H groups in total. The molecule has 29 heavy (non-hydrogen) atoms. The number of carbonyl (C=O) groups excluding carboxylic acids is 1. The molecular formula is C24H23ClN2OS. The molecule has 2 aromatic carbocycles. The van der Waals surface area contributed by atoms with Crippen molar-refractivity contribution < 1.29 is 4.79 Å². The molecule has 0 radical (unpaired) electrons. The normalized spacial score (nSPS) is 18.1. The van der Waals surface area contributed by atoms with E-state index < -0.39 is 0 Å². The minimum absolute atomic E-state index is 0.0327. The molecule has 1 atom stereocenters. The van der Waals surface area contributed by atoms with Crippen molar-refractivity contribution in [2.75, 3.05) is 11.9 Å². The van der Waals surface area contributed by atoms with E-state index in [2.05, 4.69) is 29.6 Å². The molecule has 0 fully saturated rings. The zero-order chi connectivity index (χ0) is 19.8. The molecule has 1 aromatic heterocycles. The number of urea groups is 1. The maximum atomic E-state index is 13.3. The van der Waals surface area contributed by atoms with E-state index in [1.807, 2.05) is 40.5 Å². The number of hydrogen-bond acceptors (Lipinski definition) is 2. The summed E-state index contributed by atoms with van der Waals surface area (Å²) in [5.41, 5.74) is 4.98. The van der Waals surface area contributed by atoms with Crippen molar-refractivity contribution in [1.29, 1.82) is 0 Å². The van der Waals surface area contributed by atoms with E-state index in [1.165, 1.54) is 41.7 Å². The first kappa shape index (κ1) is 18.7. The number of halogens is 1. The summed E-state index contributed by atoms with van der Waals surface area (Å²) in [6, 6.07) is 17.7. The van der Waals surface area contributed by atoms with Crippen molar-refractivity contribution in [1.82, 2.24) is 4.90 Å². The Morgan fingerprint density at radius 3 is 2.66 bits per heavy atom. The van der Waals surface area contributed by atoms with E-state index in [0.29, 0.717) is 5.02 Å². The number of carbonyl (C=O) groups is 1. The number of amides is 2. The lowest BCUT2D eigenvalue weighted by Crippen LogP contribution is -2.42. The number of aryl methyl sites for hydroxylation is 1. The van der Waals surface area contributed by atoms with Crippen LogP contribution in [0, 0.1) is 0 Å². The van der Waals surface area contributed by atoms with Crippen LogP contribution < -0.4 is 5.32 Å². The number of nitrogens with one attached hydrogen (secondary N) is 1. The van der Waals surface area contributed by atoms with E-state index in [4.69, 9.17) is 11.6 Å². The van der Waals surface area contributed by atoms with Gasteiger partial charge in [-0.25, -0.2) is 4.79 Å². The smallest absolute Gasteiger partial charge is 0.312 e. The predicted octanol–water partition coefficient (Wildman–Crippen LogP) is 6.46. The van der Waals surface area contributed by atoms with Gasteiger partial charge in [-0.3, -0.25) is 0 Å². The van der Waals surface area contributed by atoms with E-state index >= 15 is 0 Å². The molecule has 5 rings (SSSR count). The summed E-state index contributed by atoms with van der Waals surface area (Å²) < 4.78 is 0. The van der Waals surface area contributed by atoms with Crippen LogP contribution in [-0.2, 0) is 19.3 Å². The average Bonchev–Trinajstić information content (AvgIpc) is 3.12. The zero-order valence-electron chi connectivity index (χ0n) is 16.2. The van der Waals surface area contributed by atoms with Gasteiger partial charge >= 0.3 is 6.03 Å². The SMILES string of the molecule is O=C(Nc1cccc(Cl)c1)N1CCc2c(sc3c2CCCC3)[C@H]1c1ccccc1. The number of nitrogens with zero attached hydrogens (tertiary/aromatic N) is 1. The minimum Gasteiger partial charge on any atom is -0.312 e. The summed E-state index contributed by atoms with van der Waals surface area (Å²) in [6.45, 7) is 0.724. The van der Waals surface area contributed by atoms with Gasteiger partial charge in [0.25, 0.3) is 0 Å². The van der Waals surface area contributed by atoms with Crippen molar-refractivity contribution in [2.24, 2.45) is 0 Å². The summed E-state index contributed by atoms with van der Waals surface area (Å²) in [6.07, 6.45) is 5.88. The Kier molecular flexibility index (Phi) is 5.06. The Hall–Kier alpha value is -2.30. The highest BCUT2D eigenvalue weighted by molar-refractivity contribution is 7.12. The standard InChI is InChI=1S/C24H23ClN2OS/c25-17-9-6-10-18(15-17)26-24(28)27-14-13-20-19-11-4-5-12-21(19)29-23(20)22(27)16-7-2-1-3-8-16/h1-3,6-10,15,22H,4-5,11-14H2,(H,26,28)/t22-/m1/s1. The Bertz CT molecular complexity index is 1050. The number of benzene rings is 2. The van der Waals surface area contributed by atoms with Gasteiger partial charge in [0.15, 0.2) is 0 Å². The van der Waals surface area contributed by atoms with Crippen molar-refractivity contribution >= 4 is 34.7 Å². The molecule has 0 saturated carbocycles. The maximum absolute atomic E-state index is 13.3. The molecule has 3 aromatic rings. The van der Waals surface area contributed by atoms with Gasteiger partial charge in [0.1, 0.15) is 0 Å². The number of rotatable bonds is 2. The summed E-state index contributed by atoms with van der Waals surface area (Å²) in [5, 5.41) is 3.67. The topological polar surface area (TPSA) is 32.3 Å². The predicted molar refractivity (Wildman–Crippen MR) is 120 cm³/mol. The van der Waals surface area contributed by atoms with Crippen LogP contribution in [0.5, 0.6) is 0 Å². The van der Waals surface area contributed by atoms with Gasteiger partial charge in [0.2, 0.25) is 0 Å². The molecular weight excluding hydrogens is 400 g/mol. The highest BCUT2D eigenvalue weighted by atomic mass is 35.5. The molecule has 2 amide bonds. The van der Waals surface area contributed by atoms with E-state index in [0.717, 1.165) is 18.7 Å². The number of fused-ring (bicyclic) bond motifs is 3. The summed E-state index contributed by atoms with van der Waals surface area (Å²) >= 11 is 8.03. The fraction of sp³-hybridized carbons (Fsp3) is 0.292. The van der Waals surface area contributed by atoms with E-state index in [-0.39, 0.29) is 12.1 Å². The van der Waals surface area contributed by atoms with Gasteiger partial charge in [-0.1, -0.05) is 48.0 Å². The monoisotopic (exact) mass is 422 g/mol. The van der Waals surface area contributed by atoms with Gasteiger partial charge < -0.3 is 10.2 Å². The average molecular weight is 423 g/mol. The van der Waals surface area contributed by atoms with Crippen molar-refractivity contribution in [3.63, 3.8) is 0 Å². The minimum atomic E-state index is -0.0712. The Balaban J connectivity index is 1.53. The highest BCUT2D eigenvalue weighted by Gasteiger charge is 2.36. The second-order valence-electron chi connectivity index (χ2n) is 7.75. The molecule has 0 spiro atoms. The number of thiophene rings is 1. The van der Waals surface area contributed by atoms with Crippen LogP contribution in [0.2, 0.25) is 5.02 Å². The van der Waals surface area contributed by atoms with Crippen molar-refractivity contribution in [2.45, 2.75) is 38.1 Å². The van der Waals surface area contributed by atoms with Crippen LogP contribution in [0.4, 0.5) is 10.5 Å². The van der Waals surface area contributed by atoms with Crippen LogP contribution in [0.25, 0.3) is 0 Å². The third-order valence-electron chi connectivity index (χ3n) is 5.93. The third-order valence-corrected chi connectivity index (χ3v) is 7.55. The number of anilines is 1. The lowest BCUT2D eigenvalue weighted by molar-refractivity contribution is 0.195. The molecule has 1 aliphatic carbocycles. The quantitative estimate of drug-likeness (QED) is 0.505. The molecule has 0 bridgehead atoms. The molecule has 148 valence electrons. The first-order valence-electron chi connectivity index (χ1n) is 10.2. The van der Waals surface area contributed by atoms with Gasteiger partial charge in [-0.05, 0) is 67.0 Å². The van der Waals surface area contributed by atoms with Crippen LogP contribution in [-0.4, -0.2) is 17.5 Å². The molecule has 2 heterocycles. The van der Waals surface area contributed by atoms with Crippen molar-refractivity contribution in [3.05, 3.63) is 86.1 Å². The molecule has 1 aliphatic heterocycles. The van der Waals surface area contributed by atoms with Crippen LogP contribution in [0.3, 0.4) is 0 Å². The second kappa shape index (κ2) is 7.85. The molecule has 0 unspecified atom stereocenters. The Labute approximate surface area is 180 Å². The lowest BCUT2D eigenvalue weighted by atomic mass is 9.88. The van der Waals surface area contributed by atoms with Gasteiger partial charge in [-0.15, -0.1) is 11.3 Å². The Morgan fingerprint density at radius 1 is 1.00 bits per heavy atom. The zero-order valence-corrected chi connectivity index (χ0v) is 17.7. The van der Waals surface area contributed by atoms with Crippen LogP contribution >= 0.6 is 22.9 Å². The highest BCUT2D eigenvalue weighted by Crippen LogP contribution is 2.45. The largest absolute Gasteiger partial charge is 0.322 e. The summed E-state index contributed by atoms with van der Waals surface area (Å²) in [4.78, 5) is 18.2. The second-order valence-corrected chi connectivity index (χ2v) is 9.32. The fourth-order valence-corrected chi connectivity index (χ4v) is 6.37. The first-order valence-corrected chi connectivity index (χ1v) is 11.4. The van der Waals surface area contributed by atoms with Gasteiger partial charge in [0, 0.05) is 27.0 Å².